The molecule has 33 heavy (non-hydrogen) atoms. The summed E-state index contributed by atoms with van der Waals surface area (Å²) >= 11 is 0. The van der Waals surface area contributed by atoms with Crippen LogP contribution in [-0.2, 0) is 9.53 Å². The molecule has 0 bridgehead atoms. The molecule has 1 fully saturated rings. The van der Waals surface area contributed by atoms with Gasteiger partial charge >= 0.3 is 12.7 Å². The number of allylic oxidation sites excluding steroid dienone is 1. The molecule has 0 radical (unpaired) electrons. The number of likely N-dealkylation sites (N-methyl/N-ethyl adjacent to an activating group) is 1. The second-order valence-corrected chi connectivity index (χ2v) is 9.07. The summed E-state index contributed by atoms with van der Waals surface area (Å²) in [5.74, 6) is -1.18. The van der Waals surface area contributed by atoms with Gasteiger partial charge in [0.05, 0.1) is 17.2 Å². The summed E-state index contributed by atoms with van der Waals surface area (Å²) in [6, 6.07) is -0.346. The second-order valence-electron chi connectivity index (χ2n) is 9.07. The van der Waals surface area contributed by atoms with Crippen LogP contribution in [0.4, 0.5) is 22.0 Å². The Labute approximate surface area is 188 Å². The molecule has 1 aromatic rings. The first-order valence-electron chi connectivity index (χ1n) is 10.7. The van der Waals surface area contributed by atoms with Crippen LogP contribution in [0.3, 0.4) is 0 Å². The molecule has 2 atom stereocenters. The van der Waals surface area contributed by atoms with Crippen LogP contribution in [0.15, 0.2) is 28.8 Å². The zero-order valence-electron chi connectivity index (χ0n) is 18.7. The summed E-state index contributed by atoms with van der Waals surface area (Å²) < 4.78 is 71.5. The van der Waals surface area contributed by atoms with Crippen molar-refractivity contribution in [3.63, 3.8) is 0 Å². The van der Waals surface area contributed by atoms with Crippen LogP contribution in [-0.4, -0.2) is 65.8 Å². The predicted octanol–water partition coefficient (Wildman–Crippen LogP) is 3.86. The lowest BCUT2D eigenvalue weighted by atomic mass is 9.86. The van der Waals surface area contributed by atoms with E-state index < -0.39 is 35.5 Å². The van der Waals surface area contributed by atoms with Crippen molar-refractivity contribution < 1.29 is 31.5 Å². The number of nitrogens with zero attached hydrogens (tertiary/aromatic N) is 4. The minimum atomic E-state index is -4.55. The number of nitrogens with one attached hydrogen (secondary N) is 1. The smallest absolute Gasteiger partial charge is 0.417 e. The monoisotopic (exact) mass is 477 g/mol. The Hall–Kier alpha value is -2.50. The van der Waals surface area contributed by atoms with E-state index >= 15 is 0 Å². The molecule has 0 unspecified atom stereocenters. The molecule has 3 heterocycles. The van der Waals surface area contributed by atoms with Crippen molar-refractivity contribution in [1.29, 1.82) is 0 Å². The van der Waals surface area contributed by atoms with E-state index in [1.165, 1.54) is 18.6 Å². The number of hydrogen-bond acceptors (Lipinski definition) is 5. The number of alkyl halides is 5. The number of aliphatic imine (C=N–C) groups is 1. The van der Waals surface area contributed by atoms with Crippen molar-refractivity contribution in [3.8, 4) is 0 Å². The van der Waals surface area contributed by atoms with Crippen molar-refractivity contribution in [3.05, 3.63) is 29.4 Å². The fourth-order valence-electron chi connectivity index (χ4n) is 3.88. The number of aromatic nitrogens is 2. The molecule has 2 aliphatic heterocycles. The van der Waals surface area contributed by atoms with E-state index in [-0.39, 0.29) is 31.4 Å². The highest BCUT2D eigenvalue weighted by Gasteiger charge is 2.40. The molecule has 1 aromatic heterocycles. The number of rotatable bonds is 7. The molecule has 1 N–H and O–H groups in total. The van der Waals surface area contributed by atoms with Gasteiger partial charge in [-0.25, -0.2) is 9.67 Å². The van der Waals surface area contributed by atoms with Crippen molar-refractivity contribution in [2.24, 2.45) is 10.4 Å². The van der Waals surface area contributed by atoms with E-state index in [0.29, 0.717) is 29.8 Å². The highest BCUT2D eigenvalue weighted by molar-refractivity contribution is 5.82. The Bertz CT molecular complexity index is 909. The summed E-state index contributed by atoms with van der Waals surface area (Å²) in [4.78, 5) is 18.8. The van der Waals surface area contributed by atoms with Crippen molar-refractivity contribution in [2.75, 3.05) is 26.7 Å². The van der Waals surface area contributed by atoms with Crippen molar-refractivity contribution >= 4 is 12.1 Å². The van der Waals surface area contributed by atoms with Gasteiger partial charge in [0.25, 0.3) is 0 Å². The fraction of sp³-hybridized carbons (Fsp3) is 0.667. The minimum absolute atomic E-state index is 0.172. The van der Waals surface area contributed by atoms with E-state index in [0.717, 1.165) is 0 Å². The lowest BCUT2D eigenvalue weighted by molar-refractivity contribution is -0.133. The molecule has 1 amide bonds. The summed E-state index contributed by atoms with van der Waals surface area (Å²) in [5.41, 5.74) is -1.41. The maximum absolute atomic E-state index is 13.2. The zero-order chi connectivity index (χ0) is 24.4. The SMILES string of the molecule is CN1CC[C@H](NC(=O)C(C)(C)COC2=C(C(F)(F)F)CCC=N2)[C@@H](c2cnn(C(F)F)c2)C1. The molecule has 0 aromatic carbocycles. The van der Waals surface area contributed by atoms with Crippen LogP contribution in [0.25, 0.3) is 0 Å². The first-order chi connectivity index (χ1) is 15.4. The van der Waals surface area contributed by atoms with Crippen LogP contribution in [0, 0.1) is 5.41 Å². The van der Waals surface area contributed by atoms with Gasteiger partial charge in [0.2, 0.25) is 11.8 Å². The summed E-state index contributed by atoms with van der Waals surface area (Å²) in [6.07, 6.45) is -0.0191. The van der Waals surface area contributed by atoms with Gasteiger partial charge in [-0.1, -0.05) is 0 Å². The zero-order valence-corrected chi connectivity index (χ0v) is 18.7. The largest absolute Gasteiger partial charge is 0.476 e. The highest BCUT2D eigenvalue weighted by Crippen LogP contribution is 2.35. The van der Waals surface area contributed by atoms with Crippen LogP contribution in [0.2, 0.25) is 0 Å². The number of amides is 1. The number of ether oxygens (including phenoxy) is 1. The fourth-order valence-corrected chi connectivity index (χ4v) is 3.88. The predicted molar refractivity (Wildman–Crippen MR) is 111 cm³/mol. The lowest BCUT2D eigenvalue weighted by Crippen LogP contribution is -2.52. The summed E-state index contributed by atoms with van der Waals surface area (Å²) in [6.45, 7) is 1.31. The third kappa shape index (κ3) is 6.10. The van der Waals surface area contributed by atoms with Gasteiger partial charge in [0.15, 0.2) is 0 Å². The Morgan fingerprint density at radius 3 is 2.70 bits per heavy atom. The Morgan fingerprint density at radius 1 is 1.33 bits per heavy atom. The Balaban J connectivity index is 1.69. The van der Waals surface area contributed by atoms with Gasteiger partial charge in [0.1, 0.15) is 6.61 Å². The quantitative estimate of drug-likeness (QED) is 0.606. The topological polar surface area (TPSA) is 71.8 Å². The molecule has 7 nitrogen and oxygen atoms in total. The molecule has 0 aliphatic carbocycles. The Kier molecular flexibility index (Phi) is 7.45. The molecule has 2 aliphatic rings. The molecule has 3 rings (SSSR count). The van der Waals surface area contributed by atoms with Gasteiger partial charge in [0, 0.05) is 30.9 Å². The van der Waals surface area contributed by atoms with E-state index in [1.54, 1.807) is 13.8 Å². The van der Waals surface area contributed by atoms with Gasteiger partial charge in [-0.15, -0.1) is 0 Å². The van der Waals surface area contributed by atoms with E-state index in [4.69, 9.17) is 4.74 Å². The Morgan fingerprint density at radius 2 is 2.06 bits per heavy atom. The third-order valence-corrected chi connectivity index (χ3v) is 5.90. The molecular formula is C21H28F5N5O2. The number of carbonyl (C=O) groups is 1. The van der Waals surface area contributed by atoms with Crippen LogP contribution >= 0.6 is 0 Å². The second kappa shape index (κ2) is 9.78. The van der Waals surface area contributed by atoms with Crippen LogP contribution in [0.5, 0.6) is 0 Å². The molecule has 0 spiro atoms. The number of halogens is 5. The lowest BCUT2D eigenvalue weighted by Gasteiger charge is -2.38. The van der Waals surface area contributed by atoms with Crippen molar-refractivity contribution in [2.45, 2.75) is 57.8 Å². The number of likely N-dealkylation sites (tertiary alicyclic amines) is 1. The molecule has 184 valence electrons. The van der Waals surface area contributed by atoms with Gasteiger partial charge in [-0.05, 0) is 52.3 Å². The van der Waals surface area contributed by atoms with Gasteiger partial charge in [-0.3, -0.25) is 4.79 Å². The normalized spacial score (nSPS) is 22.7. The minimum Gasteiger partial charge on any atom is -0.476 e. The van der Waals surface area contributed by atoms with E-state index in [9.17, 15) is 26.7 Å². The van der Waals surface area contributed by atoms with Gasteiger partial charge < -0.3 is 15.0 Å². The average Bonchev–Trinajstić information content (AvgIpc) is 3.23. The molecule has 1 saturated heterocycles. The highest BCUT2D eigenvalue weighted by atomic mass is 19.4. The standard InChI is InChI=1S/C21H28F5N5O2/c1-20(2,12-33-17-15(21(24,25)26)5-4-7-27-17)18(32)29-16-6-8-30(3)11-14(16)13-9-28-31(10-13)19(22)23/h7,9-10,14,16,19H,4-6,8,11-12H2,1-3H3,(H,29,32)/t14-,16+/m1/s1. The van der Waals surface area contributed by atoms with Gasteiger partial charge in [-0.2, -0.15) is 27.1 Å². The van der Waals surface area contributed by atoms with Crippen molar-refractivity contribution in [1.82, 2.24) is 20.0 Å². The number of piperidine rings is 1. The number of hydrogen-bond donors (Lipinski definition) is 1. The molecular weight excluding hydrogens is 449 g/mol. The molecule has 12 heteroatoms. The first kappa shape index (κ1) is 25.1. The van der Waals surface area contributed by atoms with Crippen LogP contribution in [0.1, 0.15) is 51.1 Å². The maximum atomic E-state index is 13.2. The molecule has 0 saturated carbocycles. The maximum Gasteiger partial charge on any atom is 0.417 e. The summed E-state index contributed by atoms with van der Waals surface area (Å²) in [5, 5.41) is 6.64. The van der Waals surface area contributed by atoms with E-state index in [1.807, 2.05) is 11.9 Å². The van der Waals surface area contributed by atoms with E-state index in [2.05, 4.69) is 15.4 Å². The number of carbonyl (C=O) groups excluding carboxylic acids is 1. The van der Waals surface area contributed by atoms with Crippen LogP contribution < -0.4 is 5.32 Å². The summed E-state index contributed by atoms with van der Waals surface area (Å²) in [7, 11) is 1.90. The first-order valence-corrected chi connectivity index (χ1v) is 10.7. The average molecular weight is 477 g/mol. The third-order valence-electron chi connectivity index (χ3n) is 5.90.